The van der Waals surface area contributed by atoms with Crippen molar-refractivity contribution in [1.82, 2.24) is 5.32 Å². The molecule has 5 heteroatoms. The van der Waals surface area contributed by atoms with E-state index in [0.29, 0.717) is 13.1 Å². The van der Waals surface area contributed by atoms with E-state index < -0.39 is 5.23 Å². The fraction of sp³-hybridized carbons (Fsp3) is 1.00. The molecule has 0 saturated heterocycles. The number of nitrogens with one attached hydrogen (secondary N) is 2. The minimum Gasteiger partial charge on any atom is -0.600 e. The first-order valence-corrected chi connectivity index (χ1v) is 3.31. The number of hydroxylamine groups is 2. The standard InChI is InChI=1S/C5H15N3O2/c1-5(6)4-7-2-3-8(9)10/h5,7-9H,2-4,6H2,1H3. The summed E-state index contributed by atoms with van der Waals surface area (Å²) in [4.78, 5) is 0. The Bertz CT molecular complexity index is 67.3. The van der Waals surface area contributed by atoms with Crippen molar-refractivity contribution in [1.29, 1.82) is 0 Å². The minimum atomic E-state index is -0.780. The van der Waals surface area contributed by atoms with Crippen LogP contribution in [0.15, 0.2) is 0 Å². The van der Waals surface area contributed by atoms with Crippen LogP contribution in [0, 0.1) is 5.21 Å². The number of quaternary nitrogens is 1. The zero-order chi connectivity index (χ0) is 7.98. The van der Waals surface area contributed by atoms with Crippen LogP contribution in [-0.4, -0.2) is 30.9 Å². The summed E-state index contributed by atoms with van der Waals surface area (Å²) in [6, 6.07) is 0.0915. The third kappa shape index (κ3) is 7.80. The van der Waals surface area contributed by atoms with Gasteiger partial charge in [-0.15, -0.1) is 0 Å². The zero-order valence-electron chi connectivity index (χ0n) is 6.13. The molecule has 0 bridgehead atoms. The maximum absolute atomic E-state index is 9.97. The Morgan fingerprint density at radius 3 is 2.80 bits per heavy atom. The van der Waals surface area contributed by atoms with Gasteiger partial charge >= 0.3 is 0 Å². The quantitative estimate of drug-likeness (QED) is 0.261. The fourth-order valence-electron chi connectivity index (χ4n) is 0.525. The highest BCUT2D eigenvalue weighted by Gasteiger charge is 1.93. The molecule has 5 nitrogen and oxygen atoms in total. The molecule has 0 aliphatic rings. The lowest BCUT2D eigenvalue weighted by molar-refractivity contribution is -1.05. The monoisotopic (exact) mass is 149 g/mol. The van der Waals surface area contributed by atoms with Gasteiger partial charge in [0.1, 0.15) is 6.54 Å². The van der Waals surface area contributed by atoms with Crippen molar-refractivity contribution in [2.24, 2.45) is 5.73 Å². The molecule has 2 unspecified atom stereocenters. The summed E-state index contributed by atoms with van der Waals surface area (Å²) in [7, 11) is 0. The van der Waals surface area contributed by atoms with Crippen molar-refractivity contribution in [3.05, 3.63) is 5.21 Å². The molecule has 10 heavy (non-hydrogen) atoms. The molecule has 0 aliphatic carbocycles. The predicted octanol–water partition coefficient (Wildman–Crippen LogP) is -2.30. The van der Waals surface area contributed by atoms with Crippen molar-refractivity contribution < 1.29 is 10.4 Å². The van der Waals surface area contributed by atoms with Gasteiger partial charge in [0, 0.05) is 19.1 Å². The van der Waals surface area contributed by atoms with Gasteiger partial charge in [-0.25, -0.2) is 10.4 Å². The maximum atomic E-state index is 9.97. The Labute approximate surface area is 60.3 Å². The highest BCUT2D eigenvalue weighted by Crippen LogP contribution is 1.66. The minimum absolute atomic E-state index is 0.0915. The van der Waals surface area contributed by atoms with Crippen molar-refractivity contribution in [2.75, 3.05) is 19.6 Å². The molecule has 0 aromatic carbocycles. The number of hydrogen-bond acceptors (Lipinski definition) is 4. The average molecular weight is 149 g/mol. The van der Waals surface area contributed by atoms with Gasteiger partial charge in [-0.1, -0.05) is 0 Å². The van der Waals surface area contributed by atoms with Crippen LogP contribution in [0.2, 0.25) is 0 Å². The molecule has 2 atom stereocenters. The molecule has 0 heterocycles. The molecule has 0 amide bonds. The topological polar surface area (TPSA) is 85.8 Å². The molecule has 0 fully saturated rings. The van der Waals surface area contributed by atoms with Crippen molar-refractivity contribution >= 4 is 0 Å². The second-order valence-electron chi connectivity index (χ2n) is 2.33. The van der Waals surface area contributed by atoms with E-state index in [0.717, 1.165) is 0 Å². The highest BCUT2D eigenvalue weighted by atomic mass is 16.8. The van der Waals surface area contributed by atoms with Crippen LogP contribution >= 0.6 is 0 Å². The molecular formula is C5H15N3O2. The normalized spacial score (nSPS) is 16.8. The molecular weight excluding hydrogens is 134 g/mol. The first-order chi connectivity index (χ1) is 4.63. The lowest BCUT2D eigenvalue weighted by Crippen LogP contribution is -3.05. The van der Waals surface area contributed by atoms with Gasteiger partial charge in [-0.3, -0.25) is 0 Å². The van der Waals surface area contributed by atoms with E-state index in [1.165, 1.54) is 0 Å². The Kier molecular flexibility index (Phi) is 5.46. The average Bonchev–Trinajstić information content (AvgIpc) is 1.79. The highest BCUT2D eigenvalue weighted by molar-refractivity contribution is 4.55. The van der Waals surface area contributed by atoms with E-state index in [1.807, 2.05) is 6.92 Å². The molecule has 0 rings (SSSR count). The second-order valence-corrected chi connectivity index (χ2v) is 2.33. The summed E-state index contributed by atoms with van der Waals surface area (Å²) in [5.41, 5.74) is 5.40. The third-order valence-electron chi connectivity index (χ3n) is 0.982. The summed E-state index contributed by atoms with van der Waals surface area (Å²) in [5.74, 6) is 0. The van der Waals surface area contributed by atoms with Gasteiger partial charge in [0.05, 0.1) is 0 Å². The Morgan fingerprint density at radius 1 is 1.80 bits per heavy atom. The molecule has 5 N–H and O–H groups in total. The van der Waals surface area contributed by atoms with E-state index in [-0.39, 0.29) is 12.6 Å². The molecule has 62 valence electrons. The Hall–Kier alpha value is -0.200. The first-order valence-electron chi connectivity index (χ1n) is 3.31. The SMILES string of the molecule is CC(N)CNCC[NH+]([O-])O. The Balaban J connectivity index is 2.91. The summed E-state index contributed by atoms with van der Waals surface area (Å²) >= 11 is 0. The maximum Gasteiger partial charge on any atom is 0.119 e. The second kappa shape index (κ2) is 5.57. The van der Waals surface area contributed by atoms with Crippen LogP contribution in [0.5, 0.6) is 0 Å². The van der Waals surface area contributed by atoms with Gasteiger partial charge in [0.2, 0.25) is 0 Å². The molecule has 0 aromatic rings. The van der Waals surface area contributed by atoms with Gasteiger partial charge in [0.15, 0.2) is 0 Å². The lowest BCUT2D eigenvalue weighted by Gasteiger charge is -2.12. The molecule has 0 aromatic heterocycles. The largest absolute Gasteiger partial charge is 0.600 e. The van der Waals surface area contributed by atoms with E-state index in [4.69, 9.17) is 10.9 Å². The lowest BCUT2D eigenvalue weighted by atomic mass is 10.4. The molecule has 0 radical (unpaired) electrons. The van der Waals surface area contributed by atoms with Crippen LogP contribution in [-0.2, 0) is 0 Å². The third-order valence-corrected chi connectivity index (χ3v) is 0.982. The molecule has 0 spiro atoms. The summed E-state index contributed by atoms with van der Waals surface area (Å²) in [5, 5.41) is 20.3. The first kappa shape index (κ1) is 9.80. The van der Waals surface area contributed by atoms with E-state index in [1.54, 1.807) is 0 Å². The summed E-state index contributed by atoms with van der Waals surface area (Å²) in [6.07, 6.45) is 0. The van der Waals surface area contributed by atoms with E-state index in [9.17, 15) is 5.21 Å². The predicted molar refractivity (Wildman–Crippen MR) is 37.5 cm³/mol. The van der Waals surface area contributed by atoms with Crippen molar-refractivity contribution in [3.63, 3.8) is 0 Å². The van der Waals surface area contributed by atoms with Crippen molar-refractivity contribution in [3.8, 4) is 0 Å². The van der Waals surface area contributed by atoms with Crippen LogP contribution in [0.25, 0.3) is 0 Å². The van der Waals surface area contributed by atoms with Crippen molar-refractivity contribution in [2.45, 2.75) is 13.0 Å². The van der Waals surface area contributed by atoms with Gasteiger partial charge < -0.3 is 16.3 Å². The van der Waals surface area contributed by atoms with Crippen LogP contribution < -0.4 is 16.3 Å². The van der Waals surface area contributed by atoms with E-state index in [2.05, 4.69) is 5.32 Å². The number of nitrogens with two attached hydrogens (primary N) is 1. The molecule has 0 saturated carbocycles. The zero-order valence-corrected chi connectivity index (χ0v) is 6.13. The van der Waals surface area contributed by atoms with Crippen LogP contribution in [0.1, 0.15) is 6.92 Å². The Morgan fingerprint density at radius 2 is 2.40 bits per heavy atom. The number of hydrogen-bond donors (Lipinski definition) is 4. The van der Waals surface area contributed by atoms with Gasteiger partial charge in [-0.05, 0) is 6.92 Å². The fourth-order valence-corrected chi connectivity index (χ4v) is 0.525. The molecule has 0 aliphatic heterocycles. The number of rotatable bonds is 5. The van der Waals surface area contributed by atoms with Gasteiger partial charge in [0.25, 0.3) is 0 Å². The van der Waals surface area contributed by atoms with Crippen LogP contribution in [0.4, 0.5) is 0 Å². The van der Waals surface area contributed by atoms with E-state index >= 15 is 0 Å². The summed E-state index contributed by atoms with van der Waals surface area (Å²) in [6.45, 7) is 3.20. The van der Waals surface area contributed by atoms with Crippen LogP contribution in [0.3, 0.4) is 0 Å². The summed E-state index contributed by atoms with van der Waals surface area (Å²) < 4.78 is 0. The van der Waals surface area contributed by atoms with Gasteiger partial charge in [-0.2, -0.15) is 0 Å². The smallest absolute Gasteiger partial charge is 0.119 e.